The molecule has 4 heteroatoms. The first-order valence-electron chi connectivity index (χ1n) is 8.17. The molecule has 4 aliphatic carbocycles. The third kappa shape index (κ3) is 2.87. The minimum absolute atomic E-state index is 0.431. The standard InChI is InChI=1S/C17H24N2OS/c1-20-10-15-11-21-16(8-18-15)9-19-17-5-12-2-13(6-17)4-14(3-12)7-17/h11-14,19H,2-7,9-10H2,1H3. The zero-order valence-electron chi connectivity index (χ0n) is 12.7. The lowest BCUT2D eigenvalue weighted by Gasteiger charge is -2.57. The highest BCUT2D eigenvalue weighted by Gasteiger charge is 2.50. The summed E-state index contributed by atoms with van der Waals surface area (Å²) in [6, 6.07) is 0. The minimum Gasteiger partial charge on any atom is -0.378 e. The molecule has 0 aromatic rings. The molecule has 4 fully saturated rings. The Bertz CT molecular complexity index is 484. The quantitative estimate of drug-likeness (QED) is 0.846. The molecule has 0 radical (unpaired) electrons. The van der Waals surface area contributed by atoms with Crippen LogP contribution in [0.4, 0.5) is 0 Å². The van der Waals surface area contributed by atoms with Gasteiger partial charge in [0.05, 0.1) is 17.2 Å². The van der Waals surface area contributed by atoms with Crippen LogP contribution < -0.4 is 5.32 Å². The first kappa shape index (κ1) is 14.1. The largest absolute Gasteiger partial charge is 0.378 e. The van der Waals surface area contributed by atoms with Crippen molar-refractivity contribution in [2.24, 2.45) is 22.7 Å². The molecule has 0 saturated heterocycles. The summed E-state index contributed by atoms with van der Waals surface area (Å²) in [5, 5.41) is 6.00. The summed E-state index contributed by atoms with van der Waals surface area (Å²) < 4.78 is 5.10. The first-order chi connectivity index (χ1) is 10.2. The van der Waals surface area contributed by atoms with Crippen molar-refractivity contribution >= 4 is 17.6 Å². The Labute approximate surface area is 131 Å². The van der Waals surface area contributed by atoms with Crippen molar-refractivity contribution in [3.63, 3.8) is 0 Å². The molecule has 5 rings (SSSR count). The summed E-state index contributed by atoms with van der Waals surface area (Å²) in [6.07, 6.45) is 8.71. The maximum atomic E-state index is 5.10. The van der Waals surface area contributed by atoms with Crippen LogP contribution in [0.2, 0.25) is 0 Å². The van der Waals surface area contributed by atoms with Crippen LogP contribution in [0.1, 0.15) is 38.5 Å². The Morgan fingerprint density at radius 3 is 2.48 bits per heavy atom. The van der Waals surface area contributed by atoms with Crippen molar-refractivity contribution in [3.8, 4) is 0 Å². The highest BCUT2D eigenvalue weighted by atomic mass is 32.2. The van der Waals surface area contributed by atoms with E-state index in [1.165, 1.54) is 43.4 Å². The van der Waals surface area contributed by atoms with Crippen LogP contribution in [-0.4, -0.2) is 31.7 Å². The minimum atomic E-state index is 0.431. The number of aliphatic imine (C=N–C) groups is 1. The fourth-order valence-electron chi connectivity index (χ4n) is 5.22. The highest BCUT2D eigenvalue weighted by molar-refractivity contribution is 8.06. The Hall–Kier alpha value is -0.540. The molecule has 1 heterocycles. The number of rotatable bonds is 5. The van der Waals surface area contributed by atoms with E-state index >= 15 is 0 Å². The Kier molecular flexibility index (Phi) is 3.74. The van der Waals surface area contributed by atoms with E-state index in [1.807, 2.05) is 0 Å². The molecule has 4 saturated carbocycles. The average molecular weight is 304 g/mol. The molecule has 0 spiro atoms. The van der Waals surface area contributed by atoms with Crippen molar-refractivity contribution in [2.75, 3.05) is 20.3 Å². The van der Waals surface area contributed by atoms with E-state index in [9.17, 15) is 0 Å². The zero-order chi connectivity index (χ0) is 14.3. The zero-order valence-corrected chi connectivity index (χ0v) is 13.5. The molecule has 0 aromatic carbocycles. The fraction of sp³-hybridized carbons (Fsp3) is 0.765. The van der Waals surface area contributed by atoms with Crippen LogP contribution in [0.15, 0.2) is 21.0 Å². The smallest absolute Gasteiger partial charge is 0.0897 e. The van der Waals surface area contributed by atoms with Gasteiger partial charge in [0.2, 0.25) is 0 Å². The lowest BCUT2D eigenvalue weighted by atomic mass is 9.53. The summed E-state index contributed by atoms with van der Waals surface area (Å²) >= 11 is 1.75. The van der Waals surface area contributed by atoms with E-state index in [-0.39, 0.29) is 0 Å². The van der Waals surface area contributed by atoms with Gasteiger partial charge < -0.3 is 10.1 Å². The van der Waals surface area contributed by atoms with Gasteiger partial charge in [-0.1, -0.05) is 11.8 Å². The molecule has 114 valence electrons. The maximum Gasteiger partial charge on any atom is 0.0897 e. The van der Waals surface area contributed by atoms with Crippen LogP contribution in [0.25, 0.3) is 0 Å². The van der Waals surface area contributed by atoms with Crippen molar-refractivity contribution in [1.29, 1.82) is 0 Å². The van der Waals surface area contributed by atoms with E-state index in [4.69, 9.17) is 4.74 Å². The molecule has 0 aromatic heterocycles. The summed E-state index contributed by atoms with van der Waals surface area (Å²) in [5.41, 5.74) is 1.40. The molecular weight excluding hydrogens is 280 g/mol. The van der Waals surface area contributed by atoms with Crippen LogP contribution in [0.3, 0.4) is 0 Å². The van der Waals surface area contributed by atoms with Crippen molar-refractivity contribution in [1.82, 2.24) is 5.32 Å². The first-order valence-corrected chi connectivity index (χ1v) is 9.05. The number of hydrogen-bond acceptors (Lipinski definition) is 4. The van der Waals surface area contributed by atoms with Gasteiger partial charge in [-0.2, -0.15) is 0 Å². The lowest BCUT2D eigenvalue weighted by Crippen LogP contribution is -2.58. The van der Waals surface area contributed by atoms with Gasteiger partial charge in [-0.05, 0) is 62.1 Å². The van der Waals surface area contributed by atoms with E-state index in [1.54, 1.807) is 18.9 Å². The summed E-state index contributed by atoms with van der Waals surface area (Å²) in [5.74, 6) is 6.18. The molecule has 21 heavy (non-hydrogen) atoms. The number of thioether (sulfide) groups is 1. The third-order valence-electron chi connectivity index (χ3n) is 5.62. The van der Waals surface area contributed by atoms with Gasteiger partial charge in [-0.15, -0.1) is 0 Å². The van der Waals surface area contributed by atoms with Crippen molar-refractivity contribution in [3.05, 3.63) is 16.0 Å². The van der Waals surface area contributed by atoms with E-state index in [0.717, 1.165) is 30.0 Å². The fourth-order valence-corrected chi connectivity index (χ4v) is 5.87. The topological polar surface area (TPSA) is 33.6 Å². The number of nitrogens with zero attached hydrogens (tertiary/aromatic N) is 1. The molecular formula is C17H24N2OS. The molecule has 1 aliphatic heterocycles. The monoisotopic (exact) mass is 304 g/mol. The van der Waals surface area contributed by atoms with Crippen molar-refractivity contribution < 1.29 is 4.74 Å². The van der Waals surface area contributed by atoms with Gasteiger partial charge in [0.15, 0.2) is 0 Å². The lowest BCUT2D eigenvalue weighted by molar-refractivity contribution is -0.0179. The van der Waals surface area contributed by atoms with Crippen molar-refractivity contribution in [2.45, 2.75) is 44.1 Å². The van der Waals surface area contributed by atoms with E-state index < -0.39 is 0 Å². The predicted molar refractivity (Wildman–Crippen MR) is 87.4 cm³/mol. The molecule has 0 unspecified atom stereocenters. The Morgan fingerprint density at radius 2 is 1.95 bits per heavy atom. The van der Waals surface area contributed by atoms with Crippen LogP contribution in [-0.2, 0) is 4.74 Å². The van der Waals surface area contributed by atoms with Gasteiger partial charge in [0, 0.05) is 24.6 Å². The molecule has 0 atom stereocenters. The molecule has 4 bridgehead atoms. The molecule has 5 aliphatic rings. The SMILES string of the molecule is COCC1=CSC(CNC23CC4CC(CC(C4)C2)C3)=C=N1. The predicted octanol–water partition coefficient (Wildman–Crippen LogP) is 3.33. The summed E-state index contributed by atoms with van der Waals surface area (Å²) in [6.45, 7) is 1.51. The summed E-state index contributed by atoms with van der Waals surface area (Å²) in [4.78, 5) is 5.57. The highest BCUT2D eigenvalue weighted by Crippen LogP contribution is 2.55. The van der Waals surface area contributed by atoms with Gasteiger partial charge in [-0.3, -0.25) is 0 Å². The second-order valence-corrected chi connectivity index (χ2v) is 8.32. The number of methoxy groups -OCH3 is 1. The average Bonchev–Trinajstić information content (AvgIpc) is 2.46. The molecule has 3 nitrogen and oxygen atoms in total. The second-order valence-electron chi connectivity index (χ2n) is 7.36. The van der Waals surface area contributed by atoms with E-state index in [2.05, 4.69) is 21.6 Å². The van der Waals surface area contributed by atoms with Crippen LogP contribution in [0, 0.1) is 17.8 Å². The number of hydrogen-bond donors (Lipinski definition) is 1. The van der Waals surface area contributed by atoms with Crippen LogP contribution in [0.5, 0.6) is 0 Å². The number of nitrogens with one attached hydrogen (secondary N) is 1. The number of ether oxygens (including phenoxy) is 1. The van der Waals surface area contributed by atoms with Gasteiger partial charge in [0.1, 0.15) is 0 Å². The Morgan fingerprint density at radius 1 is 1.29 bits per heavy atom. The molecule has 0 amide bonds. The van der Waals surface area contributed by atoms with Gasteiger partial charge in [-0.25, -0.2) is 4.99 Å². The Balaban J connectivity index is 1.38. The van der Waals surface area contributed by atoms with Gasteiger partial charge >= 0.3 is 0 Å². The second kappa shape index (κ2) is 5.58. The van der Waals surface area contributed by atoms with Crippen LogP contribution >= 0.6 is 11.8 Å². The van der Waals surface area contributed by atoms with E-state index in [0.29, 0.717) is 12.1 Å². The maximum absolute atomic E-state index is 5.10. The summed E-state index contributed by atoms with van der Waals surface area (Å²) in [7, 11) is 1.70. The third-order valence-corrected chi connectivity index (χ3v) is 6.53. The molecule has 1 N–H and O–H groups in total. The van der Waals surface area contributed by atoms with Gasteiger partial charge in [0.25, 0.3) is 0 Å². The normalized spacial score (nSPS) is 40.3.